The third-order valence-electron chi connectivity index (χ3n) is 1.76. The van der Waals surface area contributed by atoms with Gasteiger partial charge in [-0.05, 0) is 0 Å². The lowest BCUT2D eigenvalue weighted by Crippen LogP contribution is -2.00. The number of anilines is 1. The summed E-state index contributed by atoms with van der Waals surface area (Å²) in [7, 11) is 1.89. The van der Waals surface area contributed by atoms with Gasteiger partial charge in [-0.3, -0.25) is 0 Å². The van der Waals surface area contributed by atoms with Crippen molar-refractivity contribution in [1.29, 1.82) is 0 Å². The Kier molecular flexibility index (Phi) is 1.70. The molecule has 0 spiro atoms. The predicted octanol–water partition coefficient (Wildman–Crippen LogP) is 0.459. The van der Waals surface area contributed by atoms with Crippen molar-refractivity contribution in [1.82, 2.24) is 19.5 Å². The van der Waals surface area contributed by atoms with E-state index in [1.165, 1.54) is 0 Å². The highest BCUT2D eigenvalue weighted by atomic mass is 15.1. The molecule has 2 aromatic heterocycles. The van der Waals surface area contributed by atoms with E-state index in [0.717, 1.165) is 5.82 Å². The van der Waals surface area contributed by atoms with Crippen molar-refractivity contribution in [2.45, 2.75) is 0 Å². The van der Waals surface area contributed by atoms with Crippen LogP contribution in [0.1, 0.15) is 0 Å². The van der Waals surface area contributed by atoms with Crippen molar-refractivity contribution in [2.75, 3.05) is 5.73 Å². The molecule has 0 aliphatic carbocycles. The van der Waals surface area contributed by atoms with E-state index >= 15 is 0 Å². The standard InChI is InChI=1S/C8H9N5/c1-13-5-4-12-8(13)6-7(9)11-3-2-10-6/h2-5H,1H3,(H2,9,11). The first-order chi connectivity index (χ1) is 6.29. The summed E-state index contributed by atoms with van der Waals surface area (Å²) in [5.41, 5.74) is 6.27. The number of nitrogens with zero attached hydrogens (tertiary/aromatic N) is 4. The number of hydrogen-bond acceptors (Lipinski definition) is 4. The van der Waals surface area contributed by atoms with Crippen molar-refractivity contribution >= 4 is 5.82 Å². The fraction of sp³-hybridized carbons (Fsp3) is 0.125. The molecule has 0 aliphatic rings. The monoisotopic (exact) mass is 175 g/mol. The average Bonchev–Trinajstić information content (AvgIpc) is 2.52. The molecule has 2 rings (SSSR count). The van der Waals surface area contributed by atoms with Crippen LogP contribution < -0.4 is 5.73 Å². The molecule has 5 nitrogen and oxygen atoms in total. The molecule has 0 saturated carbocycles. The maximum absolute atomic E-state index is 5.65. The first-order valence-corrected chi connectivity index (χ1v) is 3.83. The third-order valence-corrected chi connectivity index (χ3v) is 1.76. The molecule has 13 heavy (non-hydrogen) atoms. The minimum absolute atomic E-state index is 0.400. The van der Waals surface area contributed by atoms with Crippen LogP contribution in [0.15, 0.2) is 24.8 Å². The Labute approximate surface area is 75.3 Å². The lowest BCUT2D eigenvalue weighted by Gasteiger charge is -2.01. The van der Waals surface area contributed by atoms with Crippen molar-refractivity contribution in [2.24, 2.45) is 7.05 Å². The minimum Gasteiger partial charge on any atom is -0.382 e. The Hall–Kier alpha value is -1.91. The molecule has 0 fully saturated rings. The summed E-state index contributed by atoms with van der Waals surface area (Å²) in [4.78, 5) is 12.2. The number of nitrogen functional groups attached to an aromatic ring is 1. The Morgan fingerprint density at radius 3 is 2.54 bits per heavy atom. The molecule has 2 N–H and O–H groups in total. The van der Waals surface area contributed by atoms with E-state index in [1.54, 1.807) is 18.6 Å². The second kappa shape index (κ2) is 2.85. The second-order valence-corrected chi connectivity index (χ2v) is 2.65. The number of imidazole rings is 1. The van der Waals surface area contributed by atoms with Crippen LogP contribution in [0.5, 0.6) is 0 Å². The predicted molar refractivity (Wildman–Crippen MR) is 48.6 cm³/mol. The topological polar surface area (TPSA) is 69.6 Å². The molecule has 0 saturated heterocycles. The summed E-state index contributed by atoms with van der Waals surface area (Å²) in [5.74, 6) is 1.13. The van der Waals surface area contributed by atoms with E-state index in [9.17, 15) is 0 Å². The quantitative estimate of drug-likeness (QED) is 0.683. The molecule has 0 bridgehead atoms. The smallest absolute Gasteiger partial charge is 0.162 e. The number of nitrogens with two attached hydrogens (primary N) is 1. The zero-order chi connectivity index (χ0) is 9.26. The molecular formula is C8H9N5. The van der Waals surface area contributed by atoms with Gasteiger partial charge in [-0.15, -0.1) is 0 Å². The number of aromatic nitrogens is 4. The van der Waals surface area contributed by atoms with Gasteiger partial charge < -0.3 is 10.3 Å². The van der Waals surface area contributed by atoms with Crippen LogP contribution in [-0.2, 0) is 7.05 Å². The normalized spacial score (nSPS) is 10.2. The molecule has 2 heterocycles. The molecular weight excluding hydrogens is 166 g/mol. The second-order valence-electron chi connectivity index (χ2n) is 2.65. The maximum atomic E-state index is 5.65. The van der Waals surface area contributed by atoms with Gasteiger partial charge in [0.1, 0.15) is 5.69 Å². The molecule has 5 heteroatoms. The van der Waals surface area contributed by atoms with Gasteiger partial charge in [-0.1, -0.05) is 0 Å². The summed E-state index contributed by atoms with van der Waals surface area (Å²) in [6.45, 7) is 0. The summed E-state index contributed by atoms with van der Waals surface area (Å²) < 4.78 is 1.85. The first-order valence-electron chi connectivity index (χ1n) is 3.83. The summed E-state index contributed by atoms with van der Waals surface area (Å²) in [5, 5.41) is 0. The largest absolute Gasteiger partial charge is 0.382 e. The number of aryl methyl sites for hydroxylation is 1. The molecule has 0 amide bonds. The van der Waals surface area contributed by atoms with Crippen LogP contribution in [-0.4, -0.2) is 19.5 Å². The lowest BCUT2D eigenvalue weighted by molar-refractivity contribution is 0.916. The van der Waals surface area contributed by atoms with Crippen LogP contribution in [0.3, 0.4) is 0 Å². The number of hydrogen-bond donors (Lipinski definition) is 1. The molecule has 0 unspecified atom stereocenters. The summed E-state index contributed by atoms with van der Waals surface area (Å²) >= 11 is 0. The fourth-order valence-corrected chi connectivity index (χ4v) is 1.11. The Balaban J connectivity index is 2.59. The molecule has 0 radical (unpaired) electrons. The zero-order valence-electron chi connectivity index (χ0n) is 7.18. The highest BCUT2D eigenvalue weighted by molar-refractivity contribution is 5.63. The summed E-state index contributed by atoms with van der Waals surface area (Å²) in [6.07, 6.45) is 6.69. The van der Waals surface area contributed by atoms with Crippen molar-refractivity contribution < 1.29 is 0 Å². The van der Waals surface area contributed by atoms with Crippen molar-refractivity contribution in [3.8, 4) is 11.5 Å². The molecule has 0 aromatic carbocycles. The van der Waals surface area contributed by atoms with E-state index < -0.39 is 0 Å². The Morgan fingerprint density at radius 1 is 1.15 bits per heavy atom. The van der Waals surface area contributed by atoms with Crippen molar-refractivity contribution in [3.63, 3.8) is 0 Å². The van der Waals surface area contributed by atoms with Crippen LogP contribution >= 0.6 is 0 Å². The molecule has 0 atom stereocenters. The number of rotatable bonds is 1. The zero-order valence-corrected chi connectivity index (χ0v) is 7.18. The Bertz CT molecular complexity index is 420. The van der Waals surface area contributed by atoms with Crippen LogP contribution in [0, 0.1) is 0 Å². The van der Waals surface area contributed by atoms with Crippen LogP contribution in [0.2, 0.25) is 0 Å². The van der Waals surface area contributed by atoms with Gasteiger partial charge >= 0.3 is 0 Å². The van der Waals surface area contributed by atoms with E-state index in [1.807, 2.05) is 17.8 Å². The molecule has 66 valence electrons. The van der Waals surface area contributed by atoms with E-state index in [4.69, 9.17) is 5.73 Å². The molecule has 0 aliphatic heterocycles. The van der Waals surface area contributed by atoms with Gasteiger partial charge in [-0.25, -0.2) is 15.0 Å². The average molecular weight is 175 g/mol. The van der Waals surface area contributed by atoms with Gasteiger partial charge in [0.2, 0.25) is 0 Å². The fourth-order valence-electron chi connectivity index (χ4n) is 1.11. The summed E-state index contributed by atoms with van der Waals surface area (Å²) in [6, 6.07) is 0. The van der Waals surface area contributed by atoms with Crippen molar-refractivity contribution in [3.05, 3.63) is 24.8 Å². The lowest BCUT2D eigenvalue weighted by atomic mass is 10.4. The first kappa shape index (κ1) is 7.72. The maximum Gasteiger partial charge on any atom is 0.162 e. The van der Waals surface area contributed by atoms with Gasteiger partial charge in [0.25, 0.3) is 0 Å². The van der Waals surface area contributed by atoms with Crippen LogP contribution in [0.4, 0.5) is 5.82 Å². The van der Waals surface area contributed by atoms with Crippen LogP contribution in [0.25, 0.3) is 11.5 Å². The van der Waals surface area contributed by atoms with Gasteiger partial charge in [0.15, 0.2) is 11.6 Å². The molecule has 2 aromatic rings. The van der Waals surface area contributed by atoms with E-state index in [2.05, 4.69) is 15.0 Å². The van der Waals surface area contributed by atoms with Gasteiger partial charge in [0.05, 0.1) is 0 Å². The highest BCUT2D eigenvalue weighted by Crippen LogP contribution is 2.17. The van der Waals surface area contributed by atoms with Gasteiger partial charge in [0, 0.05) is 31.8 Å². The minimum atomic E-state index is 0.400. The van der Waals surface area contributed by atoms with E-state index in [-0.39, 0.29) is 0 Å². The highest BCUT2D eigenvalue weighted by Gasteiger charge is 2.08. The Morgan fingerprint density at radius 2 is 1.92 bits per heavy atom. The van der Waals surface area contributed by atoms with Gasteiger partial charge in [-0.2, -0.15) is 0 Å². The third kappa shape index (κ3) is 1.24. The van der Waals surface area contributed by atoms with E-state index in [0.29, 0.717) is 11.5 Å². The SMILES string of the molecule is Cn1ccnc1-c1nccnc1N.